The van der Waals surface area contributed by atoms with Gasteiger partial charge in [-0.2, -0.15) is 13.2 Å². The first kappa shape index (κ1) is 22.0. The van der Waals surface area contributed by atoms with Crippen LogP contribution in [0.25, 0.3) is 5.65 Å². The lowest BCUT2D eigenvalue weighted by Gasteiger charge is -2.40. The van der Waals surface area contributed by atoms with Crippen LogP contribution in [0.2, 0.25) is 5.15 Å². The Kier molecular flexibility index (Phi) is 5.26. The summed E-state index contributed by atoms with van der Waals surface area (Å²) in [5.41, 5.74) is -1.18. The number of amides is 3. The highest BCUT2D eigenvalue weighted by molar-refractivity contribution is 6.33. The lowest BCUT2D eigenvalue weighted by molar-refractivity contribution is -0.140. The zero-order valence-corrected chi connectivity index (χ0v) is 18.2. The standard InChI is InChI=1S/C21H21ClF3N5O3/c22-18-17(27-19-14(21(23,24)25)7-12(9-30(18)19)11-1-2-11)20(33)28-5-6-29(16(32)10-28)13-3-4-26-15(31)8-13/h7,9,11,13H,1-6,8,10H2,(H,26,31). The zero-order valence-electron chi connectivity index (χ0n) is 17.5. The van der Waals surface area contributed by atoms with Gasteiger partial charge in [0.25, 0.3) is 5.91 Å². The van der Waals surface area contributed by atoms with Gasteiger partial charge in [-0.15, -0.1) is 0 Å². The molecule has 1 saturated carbocycles. The van der Waals surface area contributed by atoms with E-state index < -0.39 is 23.3 Å². The highest BCUT2D eigenvalue weighted by Crippen LogP contribution is 2.43. The number of imidazole rings is 1. The van der Waals surface area contributed by atoms with Crippen molar-refractivity contribution >= 4 is 35.0 Å². The molecule has 2 aliphatic heterocycles. The molecule has 8 nitrogen and oxygen atoms in total. The number of carbonyl (C=O) groups is 3. The monoisotopic (exact) mass is 483 g/mol. The van der Waals surface area contributed by atoms with Gasteiger partial charge in [-0.05, 0) is 36.8 Å². The summed E-state index contributed by atoms with van der Waals surface area (Å²) in [5.74, 6) is -1.10. The van der Waals surface area contributed by atoms with Gasteiger partial charge in [0.15, 0.2) is 11.3 Å². The number of piperidine rings is 1. The normalized spacial score (nSPS) is 22.1. The second-order valence-corrected chi connectivity index (χ2v) is 9.07. The van der Waals surface area contributed by atoms with Crippen molar-refractivity contribution in [3.8, 4) is 0 Å². The summed E-state index contributed by atoms with van der Waals surface area (Å²) >= 11 is 6.34. The fraction of sp³-hybridized carbons (Fsp3) is 0.524. The Balaban J connectivity index is 1.41. The van der Waals surface area contributed by atoms with Gasteiger partial charge in [-0.1, -0.05) is 11.6 Å². The SMILES string of the molecule is O=C1CC(N2CCN(C(=O)c3nc4c(C(F)(F)F)cc(C5CC5)cn4c3Cl)CC2=O)CCN1. The second kappa shape index (κ2) is 7.89. The first-order chi connectivity index (χ1) is 15.6. The molecular weight excluding hydrogens is 463 g/mol. The maximum Gasteiger partial charge on any atom is 0.419 e. The summed E-state index contributed by atoms with van der Waals surface area (Å²) in [4.78, 5) is 44.3. The van der Waals surface area contributed by atoms with E-state index in [1.807, 2.05) is 0 Å². The predicted octanol–water partition coefficient (Wildman–Crippen LogP) is 2.45. The number of hydrogen-bond acceptors (Lipinski definition) is 4. The summed E-state index contributed by atoms with van der Waals surface area (Å²) in [6.45, 7) is 0.636. The van der Waals surface area contributed by atoms with Crippen LogP contribution in [0.1, 0.15) is 53.2 Å². The minimum Gasteiger partial charge on any atom is -0.356 e. The van der Waals surface area contributed by atoms with Gasteiger partial charge in [0.1, 0.15) is 11.7 Å². The van der Waals surface area contributed by atoms with E-state index in [4.69, 9.17) is 11.6 Å². The maximum absolute atomic E-state index is 13.7. The summed E-state index contributed by atoms with van der Waals surface area (Å²) in [5, 5.41) is 2.51. The number of carbonyl (C=O) groups excluding carboxylic acids is 3. The molecule has 3 fully saturated rings. The van der Waals surface area contributed by atoms with Crippen molar-refractivity contribution in [2.24, 2.45) is 0 Å². The fourth-order valence-corrected chi connectivity index (χ4v) is 4.80. The van der Waals surface area contributed by atoms with Crippen molar-refractivity contribution in [2.75, 3.05) is 26.2 Å². The van der Waals surface area contributed by atoms with Crippen molar-refractivity contribution in [1.82, 2.24) is 24.5 Å². The molecule has 2 saturated heterocycles. The molecule has 5 rings (SSSR count). The highest BCUT2D eigenvalue weighted by atomic mass is 35.5. The minimum absolute atomic E-state index is 0.0423. The average molecular weight is 484 g/mol. The van der Waals surface area contributed by atoms with E-state index in [0.717, 1.165) is 23.3 Å². The number of alkyl halides is 3. The molecule has 176 valence electrons. The van der Waals surface area contributed by atoms with Gasteiger partial charge >= 0.3 is 6.18 Å². The van der Waals surface area contributed by atoms with Crippen LogP contribution >= 0.6 is 11.6 Å². The van der Waals surface area contributed by atoms with E-state index in [1.165, 1.54) is 11.1 Å². The Bertz CT molecular complexity index is 1160. The summed E-state index contributed by atoms with van der Waals surface area (Å²) in [6, 6.07) is 0.852. The molecule has 1 atom stereocenters. The van der Waals surface area contributed by atoms with Crippen LogP contribution in [0, 0.1) is 0 Å². The maximum atomic E-state index is 13.7. The molecule has 1 unspecified atom stereocenters. The molecule has 1 N–H and O–H groups in total. The summed E-state index contributed by atoms with van der Waals surface area (Å²) < 4.78 is 42.2. The Morgan fingerprint density at radius 3 is 2.58 bits per heavy atom. The van der Waals surface area contributed by atoms with Gasteiger partial charge in [0, 0.05) is 38.3 Å². The van der Waals surface area contributed by atoms with Crippen molar-refractivity contribution in [2.45, 2.75) is 43.8 Å². The molecular formula is C21H21ClF3N5O3. The Morgan fingerprint density at radius 1 is 1.18 bits per heavy atom. The summed E-state index contributed by atoms with van der Waals surface area (Å²) in [7, 11) is 0. The third-order valence-corrected chi connectivity index (χ3v) is 6.81. The zero-order chi connectivity index (χ0) is 23.5. The van der Waals surface area contributed by atoms with Crippen molar-refractivity contribution in [3.05, 3.63) is 34.2 Å². The number of fused-ring (bicyclic) bond motifs is 1. The molecule has 0 spiro atoms. The summed E-state index contributed by atoms with van der Waals surface area (Å²) in [6.07, 6.45) is -0.707. The number of aromatic nitrogens is 2. The Labute approximate surface area is 191 Å². The fourth-order valence-electron chi connectivity index (χ4n) is 4.55. The van der Waals surface area contributed by atoms with E-state index in [-0.39, 0.29) is 60.7 Å². The van der Waals surface area contributed by atoms with Crippen molar-refractivity contribution < 1.29 is 27.6 Å². The second-order valence-electron chi connectivity index (χ2n) is 8.71. The van der Waals surface area contributed by atoms with Gasteiger partial charge < -0.3 is 15.1 Å². The number of hydrogen-bond donors (Lipinski definition) is 1. The topological polar surface area (TPSA) is 87.0 Å². The van der Waals surface area contributed by atoms with Crippen LogP contribution in [0.3, 0.4) is 0 Å². The largest absolute Gasteiger partial charge is 0.419 e. The van der Waals surface area contributed by atoms with Crippen LogP contribution in [-0.4, -0.2) is 69.1 Å². The van der Waals surface area contributed by atoms with Gasteiger partial charge in [-0.25, -0.2) is 4.98 Å². The van der Waals surface area contributed by atoms with Crippen LogP contribution in [0.15, 0.2) is 12.3 Å². The van der Waals surface area contributed by atoms with Gasteiger partial charge in [0.2, 0.25) is 11.8 Å². The first-order valence-electron chi connectivity index (χ1n) is 10.8. The predicted molar refractivity (Wildman–Crippen MR) is 111 cm³/mol. The molecule has 2 aromatic heterocycles. The van der Waals surface area contributed by atoms with Crippen LogP contribution < -0.4 is 5.32 Å². The molecule has 3 aliphatic rings. The van der Waals surface area contributed by atoms with Crippen LogP contribution in [0.4, 0.5) is 13.2 Å². The molecule has 33 heavy (non-hydrogen) atoms. The average Bonchev–Trinajstić information content (AvgIpc) is 3.56. The van der Waals surface area contributed by atoms with Crippen molar-refractivity contribution in [3.63, 3.8) is 0 Å². The molecule has 2 aromatic rings. The number of rotatable bonds is 3. The minimum atomic E-state index is -4.66. The van der Waals surface area contributed by atoms with E-state index in [1.54, 1.807) is 4.90 Å². The smallest absolute Gasteiger partial charge is 0.356 e. The number of pyridine rings is 1. The van der Waals surface area contributed by atoms with Gasteiger partial charge in [-0.3, -0.25) is 18.8 Å². The third-order valence-electron chi connectivity index (χ3n) is 6.45. The van der Waals surface area contributed by atoms with E-state index in [2.05, 4.69) is 10.3 Å². The molecule has 0 aromatic carbocycles. The molecule has 3 amide bonds. The Morgan fingerprint density at radius 2 is 1.94 bits per heavy atom. The third kappa shape index (κ3) is 4.03. The molecule has 4 heterocycles. The number of nitrogens with one attached hydrogen (secondary N) is 1. The van der Waals surface area contributed by atoms with Crippen LogP contribution in [-0.2, 0) is 15.8 Å². The van der Waals surface area contributed by atoms with E-state index in [0.29, 0.717) is 18.5 Å². The lowest BCUT2D eigenvalue weighted by Crippen LogP contribution is -2.57. The first-order valence-corrected chi connectivity index (χ1v) is 11.2. The number of nitrogens with zero attached hydrogens (tertiary/aromatic N) is 4. The van der Waals surface area contributed by atoms with E-state index in [9.17, 15) is 27.6 Å². The van der Waals surface area contributed by atoms with E-state index >= 15 is 0 Å². The highest BCUT2D eigenvalue weighted by Gasteiger charge is 2.39. The molecule has 1 aliphatic carbocycles. The van der Waals surface area contributed by atoms with Crippen molar-refractivity contribution in [1.29, 1.82) is 0 Å². The lowest BCUT2D eigenvalue weighted by atomic mass is 10.0. The molecule has 12 heteroatoms. The van der Waals surface area contributed by atoms with Crippen LogP contribution in [0.5, 0.6) is 0 Å². The number of halogens is 4. The molecule has 0 bridgehead atoms. The van der Waals surface area contributed by atoms with Gasteiger partial charge in [0.05, 0.1) is 5.56 Å². The number of piperazine rings is 1. The Hall–Kier alpha value is -2.82. The quantitative estimate of drug-likeness (QED) is 0.726. The molecule has 0 radical (unpaired) electrons.